The lowest BCUT2D eigenvalue weighted by molar-refractivity contribution is -0.129. The van der Waals surface area contributed by atoms with Gasteiger partial charge in [-0.05, 0) is 40.9 Å². The van der Waals surface area contributed by atoms with Crippen LogP contribution in [0.1, 0.15) is 36.8 Å². The Hall–Kier alpha value is -2.61. The Bertz CT molecular complexity index is 1050. The van der Waals surface area contributed by atoms with Crippen molar-refractivity contribution >= 4 is 29.1 Å². The molecule has 5 atom stereocenters. The van der Waals surface area contributed by atoms with Crippen molar-refractivity contribution in [1.29, 1.82) is 0 Å². The van der Waals surface area contributed by atoms with Gasteiger partial charge in [0.05, 0.1) is 12.0 Å². The molecule has 5 rings (SSSR count). The smallest absolute Gasteiger partial charge is 0.237 e. The fraction of sp³-hybridized carbons (Fsp3) is 0.407. The van der Waals surface area contributed by atoms with Crippen LogP contribution in [0.3, 0.4) is 0 Å². The number of benzene rings is 2. The number of piperidine rings is 1. The zero-order chi connectivity index (χ0) is 23.5. The minimum Gasteiger partial charge on any atom is -0.355 e. The molecule has 2 saturated heterocycles. The number of carbonyl (C=O) groups excluding carboxylic acids is 2. The molecule has 0 bridgehead atoms. The molecule has 3 aliphatic rings. The van der Waals surface area contributed by atoms with Gasteiger partial charge in [0.1, 0.15) is 11.5 Å². The standard InChI is InChI=1S/C27H32N4O2S/c1-18(19-9-4-2-5-10-19)15-28-25(32)21-13-8-14-31(16-21)27-29-23-22(20-11-6-3-7-12-20)17-34-24(23)26(33)30-27/h2-7,9-12,17-18,21,23-24,27,29H,8,13-16H2,1H3,(H,28,32)(H,30,33). The molecule has 2 fully saturated rings. The predicted octanol–water partition coefficient (Wildman–Crippen LogP) is 3.15. The third-order valence-corrected chi connectivity index (χ3v) is 8.27. The normalized spacial score (nSPS) is 27.9. The average molecular weight is 477 g/mol. The van der Waals surface area contributed by atoms with Crippen molar-refractivity contribution in [1.82, 2.24) is 20.9 Å². The minimum atomic E-state index is -0.265. The minimum absolute atomic E-state index is 0.0351. The van der Waals surface area contributed by atoms with Gasteiger partial charge in [-0.1, -0.05) is 67.6 Å². The first-order valence-electron chi connectivity index (χ1n) is 12.1. The van der Waals surface area contributed by atoms with E-state index in [1.807, 2.05) is 36.4 Å². The molecule has 6 nitrogen and oxygen atoms in total. The largest absolute Gasteiger partial charge is 0.355 e. The lowest BCUT2D eigenvalue weighted by Gasteiger charge is -2.43. The van der Waals surface area contributed by atoms with Crippen molar-refractivity contribution < 1.29 is 9.59 Å². The molecule has 2 aromatic carbocycles. The Labute approximate surface area is 205 Å². The summed E-state index contributed by atoms with van der Waals surface area (Å²) in [5.74, 6) is 0.359. The van der Waals surface area contributed by atoms with Gasteiger partial charge in [0.25, 0.3) is 0 Å². The molecule has 2 amide bonds. The van der Waals surface area contributed by atoms with E-state index in [0.717, 1.165) is 30.5 Å². The van der Waals surface area contributed by atoms with Crippen LogP contribution in [0.4, 0.5) is 0 Å². The summed E-state index contributed by atoms with van der Waals surface area (Å²) in [4.78, 5) is 28.1. The third kappa shape index (κ3) is 4.92. The van der Waals surface area contributed by atoms with E-state index in [4.69, 9.17) is 0 Å². The summed E-state index contributed by atoms with van der Waals surface area (Å²) in [6.07, 6.45) is 1.54. The fourth-order valence-corrected chi connectivity index (χ4v) is 6.26. The van der Waals surface area contributed by atoms with Gasteiger partial charge in [-0.3, -0.25) is 19.8 Å². The molecular formula is C27H32N4O2S. The summed E-state index contributed by atoms with van der Waals surface area (Å²) in [6.45, 7) is 4.26. The number of nitrogens with one attached hydrogen (secondary N) is 3. The molecule has 178 valence electrons. The Morgan fingerprint density at radius 3 is 2.65 bits per heavy atom. The van der Waals surface area contributed by atoms with E-state index in [-0.39, 0.29) is 41.2 Å². The maximum atomic E-state index is 13.0. The number of thioether (sulfide) groups is 1. The highest BCUT2D eigenvalue weighted by Gasteiger charge is 2.44. The molecule has 3 heterocycles. The maximum absolute atomic E-state index is 13.0. The monoisotopic (exact) mass is 476 g/mol. The van der Waals surface area contributed by atoms with Crippen LogP contribution >= 0.6 is 11.8 Å². The Morgan fingerprint density at radius 1 is 1.15 bits per heavy atom. The number of nitrogens with zero attached hydrogens (tertiary/aromatic N) is 1. The Kier molecular flexibility index (Phi) is 7.04. The van der Waals surface area contributed by atoms with Gasteiger partial charge < -0.3 is 10.6 Å². The summed E-state index contributed by atoms with van der Waals surface area (Å²) in [6, 6.07) is 20.5. The molecule has 3 aliphatic heterocycles. The summed E-state index contributed by atoms with van der Waals surface area (Å²) >= 11 is 1.58. The zero-order valence-electron chi connectivity index (χ0n) is 19.4. The first-order valence-corrected chi connectivity index (χ1v) is 13.1. The van der Waals surface area contributed by atoms with Crippen LogP contribution in [0.2, 0.25) is 0 Å². The van der Waals surface area contributed by atoms with Crippen molar-refractivity contribution in [3.8, 4) is 0 Å². The SMILES string of the molecule is CC(CNC(=O)C1CCCN(C2NC(=O)C3SC=C(c4ccccc4)C3N2)C1)c1ccccc1. The zero-order valence-corrected chi connectivity index (χ0v) is 20.3. The first kappa shape index (κ1) is 23.1. The number of rotatable bonds is 6. The molecule has 7 heteroatoms. The number of likely N-dealkylation sites (tertiary alicyclic amines) is 1. The van der Waals surface area contributed by atoms with Gasteiger partial charge in [-0.25, -0.2) is 0 Å². The number of amides is 2. The molecule has 34 heavy (non-hydrogen) atoms. The van der Waals surface area contributed by atoms with Crippen molar-refractivity contribution in [2.75, 3.05) is 19.6 Å². The van der Waals surface area contributed by atoms with E-state index in [1.54, 1.807) is 11.8 Å². The van der Waals surface area contributed by atoms with E-state index in [9.17, 15) is 9.59 Å². The lowest BCUT2D eigenvalue weighted by atomic mass is 9.94. The van der Waals surface area contributed by atoms with Crippen molar-refractivity contribution in [2.45, 2.75) is 43.3 Å². The number of hydrogen-bond donors (Lipinski definition) is 3. The molecule has 0 spiro atoms. The van der Waals surface area contributed by atoms with E-state index in [2.05, 4.69) is 57.4 Å². The third-order valence-electron chi connectivity index (χ3n) is 7.10. The fourth-order valence-electron chi connectivity index (χ4n) is 5.11. The highest BCUT2D eigenvalue weighted by molar-refractivity contribution is 8.04. The van der Waals surface area contributed by atoms with Crippen LogP contribution in [-0.4, -0.2) is 53.9 Å². The number of hydrogen-bond acceptors (Lipinski definition) is 5. The van der Waals surface area contributed by atoms with Gasteiger partial charge in [-0.2, -0.15) is 0 Å². The molecule has 0 aliphatic carbocycles. The van der Waals surface area contributed by atoms with E-state index in [1.165, 1.54) is 5.56 Å². The van der Waals surface area contributed by atoms with E-state index >= 15 is 0 Å². The highest BCUT2D eigenvalue weighted by Crippen LogP contribution is 2.38. The van der Waals surface area contributed by atoms with Gasteiger partial charge in [0.2, 0.25) is 11.8 Å². The highest BCUT2D eigenvalue weighted by atomic mass is 32.2. The Balaban J connectivity index is 1.20. The summed E-state index contributed by atoms with van der Waals surface area (Å²) < 4.78 is 0. The Morgan fingerprint density at radius 2 is 1.88 bits per heavy atom. The van der Waals surface area contributed by atoms with Crippen molar-refractivity contribution in [2.24, 2.45) is 5.92 Å². The molecule has 3 N–H and O–H groups in total. The van der Waals surface area contributed by atoms with Crippen LogP contribution in [0, 0.1) is 5.92 Å². The maximum Gasteiger partial charge on any atom is 0.237 e. The lowest BCUT2D eigenvalue weighted by Crippen LogP contribution is -2.69. The van der Waals surface area contributed by atoms with Crippen LogP contribution in [0.5, 0.6) is 0 Å². The summed E-state index contributed by atoms with van der Waals surface area (Å²) in [7, 11) is 0. The van der Waals surface area contributed by atoms with E-state index in [0.29, 0.717) is 13.1 Å². The molecule has 5 unspecified atom stereocenters. The summed E-state index contributed by atoms with van der Waals surface area (Å²) in [5, 5.41) is 11.9. The second kappa shape index (κ2) is 10.3. The first-order chi connectivity index (χ1) is 16.6. The predicted molar refractivity (Wildman–Crippen MR) is 137 cm³/mol. The second-order valence-corrected chi connectivity index (χ2v) is 10.5. The van der Waals surface area contributed by atoms with Crippen molar-refractivity contribution in [3.63, 3.8) is 0 Å². The second-order valence-electron chi connectivity index (χ2n) is 9.44. The topological polar surface area (TPSA) is 73.5 Å². The number of fused-ring (bicyclic) bond motifs is 1. The van der Waals surface area contributed by atoms with Gasteiger partial charge in [0, 0.05) is 19.6 Å². The van der Waals surface area contributed by atoms with E-state index < -0.39 is 0 Å². The van der Waals surface area contributed by atoms with Gasteiger partial charge in [0.15, 0.2) is 0 Å². The van der Waals surface area contributed by atoms with Gasteiger partial charge in [-0.15, -0.1) is 11.8 Å². The number of carbonyl (C=O) groups is 2. The summed E-state index contributed by atoms with van der Waals surface area (Å²) in [5.41, 5.74) is 3.54. The van der Waals surface area contributed by atoms with Gasteiger partial charge >= 0.3 is 0 Å². The molecule has 2 aromatic rings. The van der Waals surface area contributed by atoms with Crippen LogP contribution in [0.25, 0.3) is 5.57 Å². The molecule has 0 saturated carbocycles. The van der Waals surface area contributed by atoms with Crippen molar-refractivity contribution in [3.05, 3.63) is 77.2 Å². The quantitative estimate of drug-likeness (QED) is 0.597. The average Bonchev–Trinajstić information content (AvgIpc) is 3.33. The molecule has 0 aromatic heterocycles. The van der Waals surface area contributed by atoms with Crippen LogP contribution in [0.15, 0.2) is 66.1 Å². The van der Waals surface area contributed by atoms with Crippen LogP contribution < -0.4 is 16.0 Å². The molecular weight excluding hydrogens is 444 g/mol. The molecule has 0 radical (unpaired) electrons. The van der Waals surface area contributed by atoms with Crippen LogP contribution in [-0.2, 0) is 9.59 Å².